The zero-order valence-electron chi connectivity index (χ0n) is 17.0. The summed E-state index contributed by atoms with van der Waals surface area (Å²) in [5.41, 5.74) is 5.23. The minimum Gasteiger partial charge on any atom is -0.490 e. The van der Waals surface area contributed by atoms with Gasteiger partial charge in [0, 0.05) is 5.75 Å². The first-order valence-electron chi connectivity index (χ1n) is 9.91. The number of aromatic amines is 1. The van der Waals surface area contributed by atoms with Crippen LogP contribution < -0.4 is 16.0 Å². The van der Waals surface area contributed by atoms with Gasteiger partial charge in [0.1, 0.15) is 18.3 Å². The Balaban J connectivity index is 1.54. The van der Waals surface area contributed by atoms with Gasteiger partial charge in [0.15, 0.2) is 28.3 Å². The molecule has 1 aliphatic heterocycles. The SMILES string of the molecule is Nc1nc2c(nc(SCCCOc3c(Cl)cccc3Cl)n2[C@@H]2O[C@H](CO)[C@@H](O)[C@H]2O)c(=O)[nH]1. The number of benzene rings is 1. The lowest BCUT2D eigenvalue weighted by Gasteiger charge is -2.19. The van der Waals surface area contributed by atoms with Crippen LogP contribution >= 0.6 is 35.0 Å². The Hall–Kier alpha value is -2.06. The topological polar surface area (TPSA) is 169 Å². The number of para-hydroxylation sites is 1. The molecule has 0 saturated carbocycles. The number of nitrogens with zero attached hydrogens (tertiary/aromatic N) is 3. The van der Waals surface area contributed by atoms with Gasteiger partial charge in [0.25, 0.3) is 5.56 Å². The first-order valence-corrected chi connectivity index (χ1v) is 11.7. The van der Waals surface area contributed by atoms with Crippen molar-refractivity contribution in [2.45, 2.75) is 36.1 Å². The van der Waals surface area contributed by atoms with Crippen molar-refractivity contribution in [3.05, 3.63) is 38.6 Å². The number of rotatable bonds is 8. The predicted octanol–water partition coefficient (Wildman–Crippen LogP) is 1.18. The molecule has 3 aromatic rings. The fraction of sp³-hybridized carbons (Fsp3) is 0.421. The van der Waals surface area contributed by atoms with E-state index in [9.17, 15) is 20.1 Å². The number of aliphatic hydroxyl groups is 3. The van der Waals surface area contributed by atoms with E-state index in [1.54, 1.807) is 18.2 Å². The van der Waals surface area contributed by atoms with E-state index in [1.165, 1.54) is 16.3 Å². The molecule has 1 saturated heterocycles. The first kappa shape index (κ1) is 24.1. The molecule has 11 nitrogen and oxygen atoms in total. The highest BCUT2D eigenvalue weighted by Crippen LogP contribution is 2.36. The number of halogens is 2. The van der Waals surface area contributed by atoms with Gasteiger partial charge in [-0.25, -0.2) is 4.98 Å². The van der Waals surface area contributed by atoms with Crippen LogP contribution in [0.1, 0.15) is 12.6 Å². The number of aromatic nitrogens is 4. The molecule has 4 atom stereocenters. The summed E-state index contributed by atoms with van der Waals surface area (Å²) < 4.78 is 12.7. The lowest BCUT2D eigenvalue weighted by Crippen LogP contribution is -2.33. The molecule has 0 aliphatic carbocycles. The molecule has 14 heteroatoms. The molecule has 0 bridgehead atoms. The molecule has 6 N–H and O–H groups in total. The van der Waals surface area contributed by atoms with Crippen molar-refractivity contribution in [1.82, 2.24) is 19.5 Å². The number of nitrogen functional groups attached to an aromatic ring is 1. The van der Waals surface area contributed by atoms with Crippen LogP contribution in [0.25, 0.3) is 11.2 Å². The number of hydrogen-bond donors (Lipinski definition) is 5. The molecule has 178 valence electrons. The molecular formula is C19H21Cl2N5O6S. The standard InChI is InChI=1S/C19H21Cl2N5O6S/c20-8-3-1-4-9(21)14(8)31-5-2-6-33-19-23-11-15(24-18(22)25-16(11)30)26(19)17-13(29)12(28)10(7-27)32-17/h1,3-4,10,12-13,17,27-29H,2,5-7H2,(H3,22,24,25,30)/t10-,12-,13-,17-/m1/s1. The Bertz CT molecular complexity index is 1190. The lowest BCUT2D eigenvalue weighted by molar-refractivity contribution is -0.0548. The number of thioether (sulfide) groups is 1. The highest BCUT2D eigenvalue weighted by atomic mass is 35.5. The smallest absolute Gasteiger partial charge is 0.280 e. The molecule has 33 heavy (non-hydrogen) atoms. The number of nitrogens with two attached hydrogens (primary N) is 1. The monoisotopic (exact) mass is 517 g/mol. The fourth-order valence-corrected chi connectivity index (χ4v) is 4.86. The van der Waals surface area contributed by atoms with Crippen molar-refractivity contribution in [2.75, 3.05) is 24.7 Å². The summed E-state index contributed by atoms with van der Waals surface area (Å²) in [5.74, 6) is 0.769. The van der Waals surface area contributed by atoms with E-state index in [0.717, 1.165) is 0 Å². The second-order valence-corrected chi connectivity index (χ2v) is 9.09. The lowest BCUT2D eigenvalue weighted by atomic mass is 10.1. The summed E-state index contributed by atoms with van der Waals surface area (Å²) in [7, 11) is 0. The minimum atomic E-state index is -1.38. The third kappa shape index (κ3) is 4.78. The molecule has 0 amide bonds. The fourth-order valence-electron chi connectivity index (χ4n) is 3.42. The van der Waals surface area contributed by atoms with Gasteiger partial charge in [-0.05, 0) is 18.6 Å². The maximum absolute atomic E-state index is 12.3. The summed E-state index contributed by atoms with van der Waals surface area (Å²) in [6, 6.07) is 5.08. The highest BCUT2D eigenvalue weighted by molar-refractivity contribution is 7.99. The predicted molar refractivity (Wildman–Crippen MR) is 123 cm³/mol. The van der Waals surface area contributed by atoms with Crippen LogP contribution in [0, 0.1) is 0 Å². The minimum absolute atomic E-state index is 0.00328. The van der Waals surface area contributed by atoms with Crippen LogP contribution in [0.3, 0.4) is 0 Å². The van der Waals surface area contributed by atoms with Gasteiger partial charge in [0.2, 0.25) is 5.95 Å². The van der Waals surface area contributed by atoms with Crippen LogP contribution in [0.5, 0.6) is 5.75 Å². The van der Waals surface area contributed by atoms with Gasteiger partial charge in [-0.1, -0.05) is 41.0 Å². The van der Waals surface area contributed by atoms with Gasteiger partial charge < -0.3 is 30.5 Å². The number of ether oxygens (including phenoxy) is 2. The molecule has 0 unspecified atom stereocenters. The van der Waals surface area contributed by atoms with E-state index in [2.05, 4.69) is 15.0 Å². The third-order valence-corrected chi connectivity index (χ3v) is 6.63. The maximum Gasteiger partial charge on any atom is 0.280 e. The van der Waals surface area contributed by atoms with Crippen molar-refractivity contribution in [3.8, 4) is 5.75 Å². The number of fused-ring (bicyclic) bond motifs is 1. The van der Waals surface area contributed by atoms with Crippen LogP contribution in [-0.2, 0) is 4.74 Å². The molecule has 1 aromatic carbocycles. The Morgan fingerprint density at radius 2 is 1.97 bits per heavy atom. The average molecular weight is 518 g/mol. The van der Waals surface area contributed by atoms with Crippen LogP contribution in [0.4, 0.5) is 5.95 Å². The highest BCUT2D eigenvalue weighted by Gasteiger charge is 2.45. The van der Waals surface area contributed by atoms with Gasteiger partial charge in [0.05, 0.1) is 23.3 Å². The van der Waals surface area contributed by atoms with Gasteiger partial charge >= 0.3 is 0 Å². The van der Waals surface area contributed by atoms with E-state index < -0.39 is 36.7 Å². The Morgan fingerprint density at radius 3 is 2.64 bits per heavy atom. The summed E-state index contributed by atoms with van der Waals surface area (Å²) >= 11 is 13.5. The van der Waals surface area contributed by atoms with Crippen molar-refractivity contribution >= 4 is 52.1 Å². The summed E-state index contributed by atoms with van der Waals surface area (Å²) in [4.78, 5) is 23.2. The van der Waals surface area contributed by atoms with E-state index >= 15 is 0 Å². The number of H-pyrrole nitrogens is 1. The molecular weight excluding hydrogens is 497 g/mol. The molecule has 4 rings (SSSR count). The van der Waals surface area contributed by atoms with E-state index in [0.29, 0.717) is 39.7 Å². The Morgan fingerprint density at radius 1 is 1.24 bits per heavy atom. The third-order valence-electron chi connectivity index (χ3n) is 4.99. The molecule has 2 aromatic heterocycles. The largest absolute Gasteiger partial charge is 0.490 e. The number of aliphatic hydroxyl groups excluding tert-OH is 3. The normalized spacial score (nSPS) is 22.8. The van der Waals surface area contributed by atoms with Gasteiger partial charge in [-0.2, -0.15) is 4.98 Å². The average Bonchev–Trinajstić information content (AvgIpc) is 3.27. The quantitative estimate of drug-likeness (QED) is 0.216. The Kier molecular flexibility index (Phi) is 7.34. The second-order valence-electron chi connectivity index (χ2n) is 7.22. The van der Waals surface area contributed by atoms with Crippen LogP contribution in [0.2, 0.25) is 10.0 Å². The molecule has 0 spiro atoms. The number of nitrogens with one attached hydrogen (secondary N) is 1. The summed E-state index contributed by atoms with van der Waals surface area (Å²) in [5, 5.41) is 31.2. The van der Waals surface area contributed by atoms with Crippen molar-refractivity contribution in [1.29, 1.82) is 0 Å². The molecule has 1 fully saturated rings. The number of hydrogen-bond acceptors (Lipinski definition) is 10. The summed E-state index contributed by atoms with van der Waals surface area (Å²) in [6.45, 7) is -0.182. The van der Waals surface area contributed by atoms with E-state index in [1.807, 2.05) is 0 Å². The number of anilines is 1. The van der Waals surface area contributed by atoms with E-state index in [-0.39, 0.29) is 17.1 Å². The number of imidazole rings is 1. The van der Waals surface area contributed by atoms with Crippen LogP contribution in [0.15, 0.2) is 28.2 Å². The van der Waals surface area contributed by atoms with Crippen LogP contribution in [-0.4, -0.2) is 72.1 Å². The maximum atomic E-state index is 12.3. The Labute approximate surface area is 201 Å². The van der Waals surface area contributed by atoms with Crippen molar-refractivity contribution in [2.24, 2.45) is 0 Å². The van der Waals surface area contributed by atoms with E-state index in [4.69, 9.17) is 38.4 Å². The zero-order valence-corrected chi connectivity index (χ0v) is 19.3. The van der Waals surface area contributed by atoms with Crippen molar-refractivity contribution in [3.63, 3.8) is 0 Å². The second kappa shape index (κ2) is 10.1. The molecule has 3 heterocycles. The zero-order chi connectivity index (χ0) is 23.7. The van der Waals surface area contributed by atoms with Gasteiger partial charge in [-0.15, -0.1) is 0 Å². The van der Waals surface area contributed by atoms with Crippen molar-refractivity contribution < 1.29 is 24.8 Å². The first-order chi connectivity index (χ1) is 15.8. The molecule has 1 aliphatic rings. The molecule has 0 radical (unpaired) electrons. The van der Waals surface area contributed by atoms with Gasteiger partial charge in [-0.3, -0.25) is 14.3 Å². The summed E-state index contributed by atoms with van der Waals surface area (Å²) in [6.07, 6.45) is -4.28.